The van der Waals surface area contributed by atoms with Crippen LogP contribution in [0.2, 0.25) is 0 Å². The summed E-state index contributed by atoms with van der Waals surface area (Å²) in [7, 11) is -3.23. The van der Waals surface area contributed by atoms with Crippen molar-refractivity contribution in [3.63, 3.8) is 0 Å². The third-order valence-electron chi connectivity index (χ3n) is 2.61. The highest BCUT2D eigenvalue weighted by atomic mass is 31.2. The van der Waals surface area contributed by atoms with Crippen molar-refractivity contribution < 1.29 is 18.7 Å². The minimum absolute atomic E-state index is 0.00340. The molecule has 4 nitrogen and oxygen atoms in total. The normalized spacial score (nSPS) is 15.2. The minimum atomic E-state index is -3.23. The summed E-state index contributed by atoms with van der Waals surface area (Å²) in [6.07, 6.45) is 0.411. The Morgan fingerprint density at radius 1 is 1.16 bits per heavy atom. The van der Waals surface area contributed by atoms with E-state index in [1.807, 2.05) is 30.3 Å². The van der Waals surface area contributed by atoms with Crippen molar-refractivity contribution in [1.29, 1.82) is 0 Å². The maximum Gasteiger partial charge on any atom is 0.333 e. The van der Waals surface area contributed by atoms with Crippen molar-refractivity contribution in [3.8, 4) is 0 Å². The second-order valence-corrected chi connectivity index (χ2v) is 6.82. The molecule has 0 aliphatic heterocycles. The summed E-state index contributed by atoms with van der Waals surface area (Å²) in [5.74, 6) is 0. The summed E-state index contributed by atoms with van der Waals surface area (Å²) in [5, 5.41) is 10.4. The lowest BCUT2D eigenvalue weighted by Gasteiger charge is -2.27. The van der Waals surface area contributed by atoms with Gasteiger partial charge in [0, 0.05) is 6.42 Å². The predicted octanol–water partition coefficient (Wildman–Crippen LogP) is 3.25. The lowest BCUT2D eigenvalue weighted by molar-refractivity contribution is 0.0738. The van der Waals surface area contributed by atoms with E-state index in [0.29, 0.717) is 19.6 Å². The highest BCUT2D eigenvalue weighted by Crippen LogP contribution is 2.50. The molecule has 0 radical (unpaired) electrons. The lowest BCUT2D eigenvalue weighted by Crippen LogP contribution is -2.32. The number of hydrogen-bond donors (Lipinski definition) is 1. The molecule has 108 valence electrons. The Hall–Kier alpha value is -0.670. The Labute approximate surface area is 115 Å². The standard InChI is InChI=1S/C14H23O4P/c1-4-17-19(16,18-5-2)12-14(3,15)11-13-9-7-6-8-10-13/h6-10,15H,4-5,11-12H2,1-3H3. The van der Waals surface area contributed by atoms with Crippen LogP contribution >= 0.6 is 7.60 Å². The first-order chi connectivity index (χ1) is 8.91. The van der Waals surface area contributed by atoms with Crippen molar-refractivity contribution in [2.45, 2.75) is 32.8 Å². The molecule has 5 heteroatoms. The van der Waals surface area contributed by atoms with E-state index in [0.717, 1.165) is 5.56 Å². The number of hydrogen-bond acceptors (Lipinski definition) is 4. The minimum Gasteiger partial charge on any atom is -0.389 e. The van der Waals surface area contributed by atoms with Gasteiger partial charge in [-0.25, -0.2) is 0 Å². The van der Waals surface area contributed by atoms with E-state index in [1.54, 1.807) is 20.8 Å². The first-order valence-corrected chi connectivity index (χ1v) is 8.28. The van der Waals surface area contributed by atoms with E-state index in [4.69, 9.17) is 9.05 Å². The predicted molar refractivity (Wildman–Crippen MR) is 76.5 cm³/mol. The quantitative estimate of drug-likeness (QED) is 0.745. The fraction of sp³-hybridized carbons (Fsp3) is 0.571. The summed E-state index contributed by atoms with van der Waals surface area (Å²) in [4.78, 5) is 0. The van der Waals surface area contributed by atoms with Gasteiger partial charge in [-0.05, 0) is 26.3 Å². The van der Waals surface area contributed by atoms with E-state index in [-0.39, 0.29) is 6.16 Å². The van der Waals surface area contributed by atoms with E-state index < -0.39 is 13.2 Å². The Kier molecular flexibility index (Phi) is 6.21. The van der Waals surface area contributed by atoms with Crippen LogP contribution in [0.5, 0.6) is 0 Å². The van der Waals surface area contributed by atoms with Gasteiger partial charge in [-0.3, -0.25) is 4.57 Å². The molecule has 0 bridgehead atoms. The van der Waals surface area contributed by atoms with Crippen LogP contribution in [0, 0.1) is 0 Å². The average Bonchev–Trinajstić information content (AvgIpc) is 2.28. The van der Waals surface area contributed by atoms with Crippen LogP contribution in [0.25, 0.3) is 0 Å². The fourth-order valence-corrected chi connectivity index (χ4v) is 4.02. The van der Waals surface area contributed by atoms with Crippen LogP contribution in [0.15, 0.2) is 30.3 Å². The number of aliphatic hydroxyl groups is 1. The molecule has 0 saturated carbocycles. The molecule has 0 aliphatic carbocycles. The summed E-state index contributed by atoms with van der Waals surface area (Å²) in [5.41, 5.74) is -0.131. The monoisotopic (exact) mass is 286 g/mol. The second-order valence-electron chi connectivity index (χ2n) is 4.76. The van der Waals surface area contributed by atoms with Gasteiger partial charge in [0.1, 0.15) is 0 Å². The van der Waals surface area contributed by atoms with Gasteiger partial charge in [-0.2, -0.15) is 0 Å². The van der Waals surface area contributed by atoms with Crippen LogP contribution in [-0.2, 0) is 20.0 Å². The third-order valence-corrected chi connectivity index (χ3v) is 4.99. The molecule has 0 fully saturated rings. The van der Waals surface area contributed by atoms with E-state index in [9.17, 15) is 9.67 Å². The second kappa shape index (κ2) is 7.20. The average molecular weight is 286 g/mol. The Morgan fingerprint density at radius 2 is 1.68 bits per heavy atom. The molecule has 1 aromatic rings. The van der Waals surface area contributed by atoms with Gasteiger partial charge < -0.3 is 14.2 Å². The largest absolute Gasteiger partial charge is 0.389 e. The zero-order chi connectivity index (χ0) is 14.4. The van der Waals surface area contributed by atoms with Gasteiger partial charge in [-0.1, -0.05) is 30.3 Å². The first kappa shape index (κ1) is 16.4. The first-order valence-electron chi connectivity index (χ1n) is 6.55. The van der Waals surface area contributed by atoms with E-state index in [2.05, 4.69) is 0 Å². The summed E-state index contributed by atoms with van der Waals surface area (Å²) < 4.78 is 22.8. The van der Waals surface area contributed by atoms with Crippen molar-refractivity contribution in [2.24, 2.45) is 0 Å². The van der Waals surface area contributed by atoms with Gasteiger partial charge in [-0.15, -0.1) is 0 Å². The zero-order valence-electron chi connectivity index (χ0n) is 11.8. The molecule has 1 atom stereocenters. The smallest absolute Gasteiger partial charge is 0.333 e. The molecule has 0 aliphatic rings. The highest BCUT2D eigenvalue weighted by Gasteiger charge is 2.35. The molecular weight excluding hydrogens is 263 g/mol. The number of benzene rings is 1. The maximum atomic E-state index is 12.4. The van der Waals surface area contributed by atoms with Crippen LogP contribution < -0.4 is 0 Å². The third kappa shape index (κ3) is 5.87. The van der Waals surface area contributed by atoms with Gasteiger partial charge >= 0.3 is 7.60 Å². The Balaban J connectivity index is 2.73. The SMILES string of the molecule is CCOP(=O)(CC(C)(O)Cc1ccccc1)OCC. The Morgan fingerprint density at radius 3 is 2.16 bits per heavy atom. The maximum absolute atomic E-state index is 12.4. The molecule has 0 heterocycles. The van der Waals surface area contributed by atoms with Crippen LogP contribution in [0.1, 0.15) is 26.3 Å². The summed E-state index contributed by atoms with van der Waals surface area (Å²) in [6, 6.07) is 9.61. The molecule has 0 saturated heterocycles. The van der Waals surface area contributed by atoms with E-state index in [1.165, 1.54) is 0 Å². The van der Waals surface area contributed by atoms with Crippen molar-refractivity contribution in [3.05, 3.63) is 35.9 Å². The van der Waals surface area contributed by atoms with Crippen LogP contribution in [-0.4, -0.2) is 30.1 Å². The molecule has 19 heavy (non-hydrogen) atoms. The van der Waals surface area contributed by atoms with Crippen LogP contribution in [0.4, 0.5) is 0 Å². The molecule has 1 rings (SSSR count). The molecule has 1 unspecified atom stereocenters. The Bertz CT molecular complexity index is 407. The van der Waals surface area contributed by atoms with Gasteiger partial charge in [0.05, 0.1) is 25.0 Å². The summed E-state index contributed by atoms with van der Waals surface area (Å²) >= 11 is 0. The van der Waals surface area contributed by atoms with Gasteiger partial charge in [0.25, 0.3) is 0 Å². The molecule has 0 spiro atoms. The van der Waals surface area contributed by atoms with Crippen molar-refractivity contribution >= 4 is 7.60 Å². The molecule has 1 aromatic carbocycles. The fourth-order valence-electron chi connectivity index (χ4n) is 2.03. The molecular formula is C14H23O4P. The van der Waals surface area contributed by atoms with E-state index >= 15 is 0 Å². The van der Waals surface area contributed by atoms with Crippen molar-refractivity contribution in [1.82, 2.24) is 0 Å². The molecule has 1 N–H and O–H groups in total. The molecule has 0 aromatic heterocycles. The highest BCUT2D eigenvalue weighted by molar-refractivity contribution is 7.53. The summed E-state index contributed by atoms with van der Waals surface area (Å²) in [6.45, 7) is 5.79. The topological polar surface area (TPSA) is 55.8 Å². The number of rotatable bonds is 8. The zero-order valence-corrected chi connectivity index (χ0v) is 12.7. The van der Waals surface area contributed by atoms with Gasteiger partial charge in [0.2, 0.25) is 0 Å². The lowest BCUT2D eigenvalue weighted by atomic mass is 9.99. The van der Waals surface area contributed by atoms with Crippen molar-refractivity contribution in [2.75, 3.05) is 19.4 Å². The van der Waals surface area contributed by atoms with Crippen LogP contribution in [0.3, 0.4) is 0 Å². The van der Waals surface area contributed by atoms with Gasteiger partial charge in [0.15, 0.2) is 0 Å². The molecule has 0 amide bonds.